The second-order valence-electron chi connectivity index (χ2n) is 5.08. The summed E-state index contributed by atoms with van der Waals surface area (Å²) in [6.45, 7) is 3.77. The zero-order valence-electron chi connectivity index (χ0n) is 12.8. The molecule has 2 aromatic rings. The molecule has 0 atom stereocenters. The SMILES string of the molecule is CCCc1cc(C(=O)NCCn2nc(C(F)(F)F)cc2C)no1. The number of halogens is 3. The minimum absolute atomic E-state index is 0.132. The summed E-state index contributed by atoms with van der Waals surface area (Å²) in [6, 6.07) is 2.52. The molecular formula is C14H17F3N4O2. The number of aryl methyl sites for hydroxylation is 2. The third kappa shape index (κ3) is 4.33. The van der Waals surface area contributed by atoms with Crippen LogP contribution in [0.15, 0.2) is 16.7 Å². The third-order valence-electron chi connectivity index (χ3n) is 3.17. The van der Waals surface area contributed by atoms with Gasteiger partial charge in [0.1, 0.15) is 5.76 Å². The minimum Gasteiger partial charge on any atom is -0.361 e. The van der Waals surface area contributed by atoms with E-state index in [0.717, 1.165) is 12.5 Å². The van der Waals surface area contributed by atoms with Crippen molar-refractivity contribution in [1.82, 2.24) is 20.3 Å². The lowest BCUT2D eigenvalue weighted by molar-refractivity contribution is -0.141. The van der Waals surface area contributed by atoms with Crippen LogP contribution in [-0.4, -0.2) is 27.4 Å². The Labute approximate surface area is 130 Å². The third-order valence-corrected chi connectivity index (χ3v) is 3.17. The van der Waals surface area contributed by atoms with Gasteiger partial charge in [0.15, 0.2) is 11.4 Å². The second-order valence-corrected chi connectivity index (χ2v) is 5.08. The van der Waals surface area contributed by atoms with Crippen LogP contribution >= 0.6 is 0 Å². The van der Waals surface area contributed by atoms with E-state index in [1.54, 1.807) is 6.07 Å². The zero-order valence-corrected chi connectivity index (χ0v) is 12.8. The molecule has 6 nitrogen and oxygen atoms in total. The molecule has 0 fully saturated rings. The van der Waals surface area contributed by atoms with Crippen molar-refractivity contribution in [2.45, 2.75) is 39.4 Å². The molecule has 1 N–H and O–H groups in total. The Morgan fingerprint density at radius 2 is 2.13 bits per heavy atom. The van der Waals surface area contributed by atoms with E-state index in [9.17, 15) is 18.0 Å². The van der Waals surface area contributed by atoms with Crippen LogP contribution in [-0.2, 0) is 19.1 Å². The van der Waals surface area contributed by atoms with Crippen molar-refractivity contribution in [3.8, 4) is 0 Å². The van der Waals surface area contributed by atoms with E-state index >= 15 is 0 Å². The monoisotopic (exact) mass is 330 g/mol. The van der Waals surface area contributed by atoms with Crippen molar-refractivity contribution in [3.63, 3.8) is 0 Å². The Hall–Kier alpha value is -2.32. The maximum absolute atomic E-state index is 12.6. The molecule has 1 amide bonds. The maximum atomic E-state index is 12.6. The molecule has 0 aliphatic heterocycles. The first-order valence-electron chi connectivity index (χ1n) is 7.16. The fourth-order valence-electron chi connectivity index (χ4n) is 2.03. The summed E-state index contributed by atoms with van der Waals surface area (Å²) < 4.78 is 43.9. The highest BCUT2D eigenvalue weighted by Gasteiger charge is 2.34. The first kappa shape index (κ1) is 17.0. The number of nitrogens with one attached hydrogen (secondary N) is 1. The number of carbonyl (C=O) groups is 1. The highest BCUT2D eigenvalue weighted by molar-refractivity contribution is 5.92. The molecule has 2 aromatic heterocycles. The molecule has 2 heterocycles. The number of hydrogen-bond donors (Lipinski definition) is 1. The molecule has 0 aliphatic carbocycles. The smallest absolute Gasteiger partial charge is 0.361 e. The Morgan fingerprint density at radius 1 is 1.39 bits per heavy atom. The van der Waals surface area contributed by atoms with E-state index in [0.29, 0.717) is 17.9 Å². The van der Waals surface area contributed by atoms with Crippen LogP contribution in [0.1, 0.15) is 41.0 Å². The van der Waals surface area contributed by atoms with Gasteiger partial charge in [0.05, 0.1) is 6.54 Å². The van der Waals surface area contributed by atoms with Crippen molar-refractivity contribution in [1.29, 1.82) is 0 Å². The van der Waals surface area contributed by atoms with E-state index in [1.807, 2.05) is 6.92 Å². The molecule has 126 valence electrons. The summed E-state index contributed by atoms with van der Waals surface area (Å²) in [4.78, 5) is 11.9. The number of aromatic nitrogens is 3. The van der Waals surface area contributed by atoms with Crippen LogP contribution in [0.5, 0.6) is 0 Å². The van der Waals surface area contributed by atoms with Gasteiger partial charge >= 0.3 is 6.18 Å². The van der Waals surface area contributed by atoms with Crippen LogP contribution in [0.3, 0.4) is 0 Å². The van der Waals surface area contributed by atoms with Crippen molar-refractivity contribution < 1.29 is 22.5 Å². The number of rotatable bonds is 6. The molecule has 0 aliphatic rings. The first-order chi connectivity index (χ1) is 10.8. The standard InChI is InChI=1S/C14H17F3N4O2/c1-3-4-10-8-11(20-23-10)13(22)18-5-6-21-9(2)7-12(19-21)14(15,16)17/h7-8H,3-6H2,1-2H3,(H,18,22). The molecule has 0 radical (unpaired) electrons. The molecule has 2 rings (SSSR count). The van der Waals surface area contributed by atoms with Gasteiger partial charge in [-0.25, -0.2) is 0 Å². The number of hydrogen-bond acceptors (Lipinski definition) is 4. The molecule has 0 unspecified atom stereocenters. The van der Waals surface area contributed by atoms with Crippen molar-refractivity contribution in [2.24, 2.45) is 0 Å². The van der Waals surface area contributed by atoms with Gasteiger partial charge in [-0.3, -0.25) is 9.48 Å². The van der Waals surface area contributed by atoms with Crippen LogP contribution in [0.25, 0.3) is 0 Å². The number of carbonyl (C=O) groups excluding carboxylic acids is 1. The van der Waals surface area contributed by atoms with Crippen molar-refractivity contribution in [3.05, 3.63) is 35.0 Å². The predicted molar refractivity (Wildman–Crippen MR) is 74.8 cm³/mol. The summed E-state index contributed by atoms with van der Waals surface area (Å²) in [7, 11) is 0. The van der Waals surface area contributed by atoms with E-state index in [-0.39, 0.29) is 18.8 Å². The first-order valence-corrected chi connectivity index (χ1v) is 7.16. The van der Waals surface area contributed by atoms with Gasteiger partial charge in [-0.2, -0.15) is 18.3 Å². The minimum atomic E-state index is -4.48. The number of nitrogens with zero attached hydrogens (tertiary/aromatic N) is 3. The Balaban J connectivity index is 1.89. The molecule has 0 bridgehead atoms. The fourth-order valence-corrected chi connectivity index (χ4v) is 2.03. The lowest BCUT2D eigenvalue weighted by atomic mass is 10.2. The summed E-state index contributed by atoms with van der Waals surface area (Å²) in [5.74, 6) is 0.187. The number of alkyl halides is 3. The van der Waals surface area contributed by atoms with Gasteiger partial charge in [-0.15, -0.1) is 0 Å². The van der Waals surface area contributed by atoms with Crippen LogP contribution in [0.4, 0.5) is 13.2 Å². The van der Waals surface area contributed by atoms with Crippen LogP contribution in [0.2, 0.25) is 0 Å². The number of amides is 1. The summed E-state index contributed by atoms with van der Waals surface area (Å²) in [5.41, 5.74) is -0.415. The molecule has 0 saturated heterocycles. The molecular weight excluding hydrogens is 313 g/mol. The Kier molecular flexibility index (Phi) is 5.07. The normalized spacial score (nSPS) is 11.7. The topological polar surface area (TPSA) is 73.0 Å². The summed E-state index contributed by atoms with van der Waals surface area (Å²) >= 11 is 0. The fraction of sp³-hybridized carbons (Fsp3) is 0.500. The lowest BCUT2D eigenvalue weighted by Gasteiger charge is -2.05. The molecule has 9 heteroatoms. The van der Waals surface area contributed by atoms with Gasteiger partial charge in [0.25, 0.3) is 5.91 Å². The van der Waals surface area contributed by atoms with Gasteiger partial charge < -0.3 is 9.84 Å². The molecule has 0 spiro atoms. The van der Waals surface area contributed by atoms with Crippen LogP contribution in [0, 0.1) is 6.92 Å². The van der Waals surface area contributed by atoms with E-state index in [1.165, 1.54) is 11.6 Å². The Morgan fingerprint density at radius 3 is 2.74 bits per heavy atom. The quantitative estimate of drug-likeness (QED) is 0.883. The van der Waals surface area contributed by atoms with E-state index in [4.69, 9.17) is 4.52 Å². The van der Waals surface area contributed by atoms with Crippen molar-refractivity contribution >= 4 is 5.91 Å². The second kappa shape index (κ2) is 6.84. The highest BCUT2D eigenvalue weighted by Crippen LogP contribution is 2.28. The highest BCUT2D eigenvalue weighted by atomic mass is 19.4. The van der Waals surface area contributed by atoms with Crippen molar-refractivity contribution in [2.75, 3.05) is 6.54 Å². The predicted octanol–water partition coefficient (Wildman–Crippen LogP) is 2.58. The lowest BCUT2D eigenvalue weighted by Crippen LogP contribution is -2.28. The van der Waals surface area contributed by atoms with E-state index in [2.05, 4.69) is 15.6 Å². The van der Waals surface area contributed by atoms with Gasteiger partial charge in [-0.05, 0) is 19.4 Å². The molecule has 23 heavy (non-hydrogen) atoms. The van der Waals surface area contributed by atoms with Gasteiger partial charge in [0, 0.05) is 24.7 Å². The largest absolute Gasteiger partial charge is 0.435 e. The summed E-state index contributed by atoms with van der Waals surface area (Å²) in [5, 5.41) is 9.72. The maximum Gasteiger partial charge on any atom is 0.435 e. The molecule has 0 aromatic carbocycles. The Bertz CT molecular complexity index is 676. The molecule has 0 saturated carbocycles. The summed E-state index contributed by atoms with van der Waals surface area (Å²) in [6.07, 6.45) is -2.92. The average molecular weight is 330 g/mol. The van der Waals surface area contributed by atoms with E-state index < -0.39 is 17.8 Å². The van der Waals surface area contributed by atoms with Gasteiger partial charge in [0.2, 0.25) is 0 Å². The average Bonchev–Trinajstić information content (AvgIpc) is 3.06. The van der Waals surface area contributed by atoms with Crippen LogP contribution < -0.4 is 5.32 Å². The van der Waals surface area contributed by atoms with Gasteiger partial charge in [-0.1, -0.05) is 12.1 Å². The zero-order chi connectivity index (χ0) is 17.0.